The molecule has 0 aliphatic heterocycles. The van der Waals surface area contributed by atoms with E-state index >= 15 is 0 Å². The lowest BCUT2D eigenvalue weighted by Gasteiger charge is -2.12. The molecule has 0 radical (unpaired) electrons. The molecule has 0 aromatic carbocycles. The predicted octanol–water partition coefficient (Wildman–Crippen LogP) is 2.45. The normalized spacial score (nSPS) is 12.6. The van der Waals surface area contributed by atoms with E-state index in [4.69, 9.17) is 4.74 Å². The predicted molar refractivity (Wildman–Crippen MR) is 60.9 cm³/mol. The van der Waals surface area contributed by atoms with Crippen molar-refractivity contribution in [2.75, 3.05) is 19.0 Å². The molecule has 1 rings (SSSR count). The van der Waals surface area contributed by atoms with Crippen LogP contribution in [-0.4, -0.2) is 23.6 Å². The van der Waals surface area contributed by atoms with Crippen molar-refractivity contribution in [2.24, 2.45) is 0 Å². The summed E-state index contributed by atoms with van der Waals surface area (Å²) in [5, 5.41) is 2.94. The molecular formula is C11H18FN3O. The third-order valence-electron chi connectivity index (χ3n) is 2.29. The van der Waals surface area contributed by atoms with Crippen LogP contribution in [-0.2, 0) is 4.74 Å². The molecule has 1 aromatic heterocycles. The van der Waals surface area contributed by atoms with Crippen molar-refractivity contribution in [3.8, 4) is 0 Å². The molecule has 1 aromatic rings. The molecule has 0 saturated carbocycles. The summed E-state index contributed by atoms with van der Waals surface area (Å²) in [4.78, 5) is 8.18. The topological polar surface area (TPSA) is 47.0 Å². The van der Waals surface area contributed by atoms with E-state index in [-0.39, 0.29) is 17.7 Å². The summed E-state index contributed by atoms with van der Waals surface area (Å²) in [5.74, 6) is 0.369. The smallest absolute Gasteiger partial charge is 0.186 e. The Bertz CT molecular complexity index is 357. The van der Waals surface area contributed by atoms with Crippen molar-refractivity contribution in [1.29, 1.82) is 0 Å². The Balaban J connectivity index is 3.01. The van der Waals surface area contributed by atoms with Gasteiger partial charge in [0.15, 0.2) is 17.5 Å². The van der Waals surface area contributed by atoms with Crippen molar-refractivity contribution >= 4 is 5.82 Å². The van der Waals surface area contributed by atoms with E-state index in [2.05, 4.69) is 15.3 Å². The summed E-state index contributed by atoms with van der Waals surface area (Å²) in [6.45, 7) is 6.15. The minimum Gasteiger partial charge on any atom is -0.374 e. The Morgan fingerprint density at radius 1 is 1.44 bits per heavy atom. The van der Waals surface area contributed by atoms with E-state index in [9.17, 15) is 4.39 Å². The monoisotopic (exact) mass is 227 g/mol. The van der Waals surface area contributed by atoms with Gasteiger partial charge >= 0.3 is 0 Å². The molecule has 1 unspecified atom stereocenters. The van der Waals surface area contributed by atoms with Gasteiger partial charge in [0.05, 0.1) is 5.69 Å². The molecule has 16 heavy (non-hydrogen) atoms. The number of nitrogens with zero attached hydrogens (tertiary/aromatic N) is 2. The van der Waals surface area contributed by atoms with Crippen LogP contribution >= 0.6 is 0 Å². The summed E-state index contributed by atoms with van der Waals surface area (Å²) < 4.78 is 18.8. The maximum atomic E-state index is 13.6. The fraction of sp³-hybridized carbons (Fsp3) is 0.636. The maximum Gasteiger partial charge on any atom is 0.186 e. The molecule has 4 nitrogen and oxygen atoms in total. The molecule has 0 fully saturated rings. The van der Waals surface area contributed by atoms with Gasteiger partial charge < -0.3 is 10.1 Å². The molecule has 90 valence electrons. The lowest BCUT2D eigenvalue weighted by molar-refractivity contribution is 0.112. The third-order valence-corrected chi connectivity index (χ3v) is 2.29. The van der Waals surface area contributed by atoms with E-state index in [1.54, 1.807) is 14.0 Å². The van der Waals surface area contributed by atoms with Gasteiger partial charge in [0, 0.05) is 13.7 Å². The zero-order chi connectivity index (χ0) is 12.1. The zero-order valence-electron chi connectivity index (χ0n) is 10.2. The summed E-state index contributed by atoms with van der Waals surface area (Å²) in [6.07, 6.45) is 0.680. The highest BCUT2D eigenvalue weighted by Gasteiger charge is 2.14. The second-order valence-electron chi connectivity index (χ2n) is 3.63. The van der Waals surface area contributed by atoms with Crippen molar-refractivity contribution in [2.45, 2.75) is 33.3 Å². The van der Waals surface area contributed by atoms with Gasteiger partial charge in [-0.1, -0.05) is 6.92 Å². The minimum atomic E-state index is -0.388. The fourth-order valence-electron chi connectivity index (χ4n) is 1.23. The SMILES string of the molecule is CCCNc1nc(C(C)OC)nc(C)c1F. The van der Waals surface area contributed by atoms with E-state index in [1.165, 1.54) is 0 Å². The van der Waals surface area contributed by atoms with E-state index in [1.807, 2.05) is 13.8 Å². The highest BCUT2D eigenvalue weighted by molar-refractivity contribution is 5.38. The number of aromatic nitrogens is 2. The fourth-order valence-corrected chi connectivity index (χ4v) is 1.23. The highest BCUT2D eigenvalue weighted by Crippen LogP contribution is 2.18. The molecule has 0 spiro atoms. The molecule has 1 heterocycles. The Labute approximate surface area is 95.3 Å². The first-order valence-electron chi connectivity index (χ1n) is 5.40. The Kier molecular flexibility index (Phi) is 4.61. The Morgan fingerprint density at radius 3 is 2.69 bits per heavy atom. The number of ether oxygens (including phenoxy) is 1. The number of nitrogens with one attached hydrogen (secondary N) is 1. The number of rotatable bonds is 5. The second-order valence-corrected chi connectivity index (χ2v) is 3.63. The first-order valence-corrected chi connectivity index (χ1v) is 5.40. The van der Waals surface area contributed by atoms with Gasteiger partial charge in [-0.3, -0.25) is 0 Å². The molecule has 0 amide bonds. The van der Waals surface area contributed by atoms with Crippen LogP contribution in [0.4, 0.5) is 10.2 Å². The van der Waals surface area contributed by atoms with Crippen molar-refractivity contribution in [1.82, 2.24) is 9.97 Å². The number of hydrogen-bond acceptors (Lipinski definition) is 4. The van der Waals surface area contributed by atoms with Crippen LogP contribution in [0.25, 0.3) is 0 Å². The van der Waals surface area contributed by atoms with Crippen molar-refractivity contribution in [3.63, 3.8) is 0 Å². The maximum absolute atomic E-state index is 13.6. The van der Waals surface area contributed by atoms with Gasteiger partial charge in [-0.25, -0.2) is 14.4 Å². The van der Waals surface area contributed by atoms with Gasteiger partial charge in [0.2, 0.25) is 0 Å². The number of hydrogen-bond donors (Lipinski definition) is 1. The summed E-state index contributed by atoms with van der Waals surface area (Å²) >= 11 is 0. The number of aryl methyl sites for hydroxylation is 1. The average molecular weight is 227 g/mol. The lowest BCUT2D eigenvalue weighted by atomic mass is 10.3. The zero-order valence-corrected chi connectivity index (χ0v) is 10.2. The van der Waals surface area contributed by atoms with Crippen LogP contribution in [0.3, 0.4) is 0 Å². The summed E-state index contributed by atoms with van der Waals surface area (Å²) in [7, 11) is 1.58. The van der Waals surface area contributed by atoms with Gasteiger partial charge in [0.25, 0.3) is 0 Å². The molecular weight excluding hydrogens is 209 g/mol. The lowest BCUT2D eigenvalue weighted by Crippen LogP contribution is -2.12. The molecule has 0 saturated heterocycles. The molecule has 0 bridgehead atoms. The van der Waals surface area contributed by atoms with Crippen LogP contribution in [0.1, 0.15) is 37.9 Å². The molecule has 5 heteroatoms. The Hall–Kier alpha value is -1.23. The van der Waals surface area contributed by atoms with Crippen LogP contribution in [0.5, 0.6) is 0 Å². The number of methoxy groups -OCH3 is 1. The number of anilines is 1. The van der Waals surface area contributed by atoms with Crippen molar-refractivity contribution in [3.05, 3.63) is 17.3 Å². The minimum absolute atomic E-state index is 0.235. The van der Waals surface area contributed by atoms with Gasteiger partial charge in [-0.15, -0.1) is 0 Å². The average Bonchev–Trinajstić information content (AvgIpc) is 2.29. The van der Waals surface area contributed by atoms with Crippen LogP contribution in [0, 0.1) is 12.7 Å². The van der Waals surface area contributed by atoms with Crippen molar-refractivity contribution < 1.29 is 9.13 Å². The standard InChI is InChI=1S/C11H18FN3O/c1-5-6-13-11-9(12)7(2)14-10(15-11)8(3)16-4/h8H,5-6H2,1-4H3,(H,13,14,15). The first kappa shape index (κ1) is 12.8. The van der Waals surface area contributed by atoms with Crippen LogP contribution < -0.4 is 5.32 Å². The molecule has 0 aliphatic carbocycles. The van der Waals surface area contributed by atoms with E-state index in [0.717, 1.165) is 6.42 Å². The summed E-state index contributed by atoms with van der Waals surface area (Å²) in [6, 6.07) is 0. The largest absolute Gasteiger partial charge is 0.374 e. The van der Waals surface area contributed by atoms with Gasteiger partial charge in [0.1, 0.15) is 6.10 Å². The van der Waals surface area contributed by atoms with Gasteiger partial charge in [-0.2, -0.15) is 0 Å². The van der Waals surface area contributed by atoms with Gasteiger partial charge in [-0.05, 0) is 20.3 Å². The first-order chi connectivity index (χ1) is 7.60. The van der Waals surface area contributed by atoms with Crippen LogP contribution in [0.2, 0.25) is 0 Å². The van der Waals surface area contributed by atoms with E-state index in [0.29, 0.717) is 18.1 Å². The molecule has 1 N–H and O–H groups in total. The van der Waals surface area contributed by atoms with E-state index < -0.39 is 0 Å². The quantitative estimate of drug-likeness (QED) is 0.839. The second kappa shape index (κ2) is 5.75. The molecule has 1 atom stereocenters. The Morgan fingerprint density at radius 2 is 2.12 bits per heavy atom. The number of halogens is 1. The highest BCUT2D eigenvalue weighted by atomic mass is 19.1. The van der Waals surface area contributed by atoms with Crippen LogP contribution in [0.15, 0.2) is 0 Å². The third kappa shape index (κ3) is 2.88. The summed E-state index contributed by atoms with van der Waals surface area (Å²) in [5.41, 5.74) is 0.340. The molecule has 0 aliphatic rings.